The largest absolute Gasteiger partial charge is 0.497 e. The van der Waals surface area contributed by atoms with Gasteiger partial charge in [0.1, 0.15) is 18.3 Å². The lowest BCUT2D eigenvalue weighted by Gasteiger charge is -2.34. The first kappa shape index (κ1) is 27.8. The Hall–Kier alpha value is -3.24. The molecular weight excluding hydrogens is 498 g/mol. The van der Waals surface area contributed by atoms with Crippen LogP contribution in [0.5, 0.6) is 5.75 Å². The third-order valence-corrected chi connectivity index (χ3v) is 9.06. The number of methoxy groups -OCH3 is 1. The number of aromatic nitrogens is 3. The van der Waals surface area contributed by atoms with Crippen LogP contribution in [0.4, 0.5) is 11.5 Å². The van der Waals surface area contributed by atoms with E-state index in [9.17, 15) is 9.59 Å². The number of hydrogen-bond donors (Lipinski definition) is 2. The van der Waals surface area contributed by atoms with E-state index < -0.39 is 25.7 Å². The molecule has 1 fully saturated rings. The molecule has 0 saturated heterocycles. The molecule has 1 saturated carbocycles. The van der Waals surface area contributed by atoms with E-state index in [0.29, 0.717) is 41.4 Å². The van der Waals surface area contributed by atoms with Crippen molar-refractivity contribution in [3.63, 3.8) is 0 Å². The fraction of sp³-hybridized carbons (Fsp3) is 0.500. The first-order valence-electron chi connectivity index (χ1n) is 13.2. The van der Waals surface area contributed by atoms with Crippen LogP contribution >= 0.6 is 0 Å². The summed E-state index contributed by atoms with van der Waals surface area (Å²) in [5.41, 5.74) is 8.09. The van der Waals surface area contributed by atoms with Gasteiger partial charge in [0.15, 0.2) is 0 Å². The van der Waals surface area contributed by atoms with Crippen LogP contribution in [0.15, 0.2) is 36.7 Å². The van der Waals surface area contributed by atoms with Crippen LogP contribution in [0.1, 0.15) is 37.7 Å². The molecule has 3 aromatic rings. The number of ketones is 1. The third kappa shape index (κ3) is 6.42. The molecule has 10 heteroatoms. The molecule has 1 aromatic carbocycles. The number of rotatable bonds is 10. The SMILES string of the molecule is COc1cccc([C@H]2CC[C@H](C)CC2C(=O)C(=O)Nc2cnc(N)c3cnn(COCC[Si](C)(C)C)c23)c1. The van der Waals surface area contributed by atoms with E-state index in [0.717, 1.165) is 30.2 Å². The van der Waals surface area contributed by atoms with Gasteiger partial charge in [-0.2, -0.15) is 5.10 Å². The highest BCUT2D eigenvalue weighted by molar-refractivity contribution is 6.76. The number of anilines is 2. The summed E-state index contributed by atoms with van der Waals surface area (Å²) in [5.74, 6) is -0.140. The van der Waals surface area contributed by atoms with Crippen molar-refractivity contribution < 1.29 is 19.1 Å². The molecule has 3 N–H and O–H groups in total. The van der Waals surface area contributed by atoms with E-state index in [1.54, 1.807) is 18.0 Å². The van der Waals surface area contributed by atoms with Crippen LogP contribution in [0.25, 0.3) is 10.9 Å². The van der Waals surface area contributed by atoms with Crippen molar-refractivity contribution in [3.8, 4) is 5.75 Å². The first-order chi connectivity index (χ1) is 18.1. The second kappa shape index (κ2) is 11.7. The summed E-state index contributed by atoms with van der Waals surface area (Å²) in [6, 6.07) is 8.82. The van der Waals surface area contributed by atoms with Crippen LogP contribution in [0.3, 0.4) is 0 Å². The number of carbonyl (C=O) groups is 2. The summed E-state index contributed by atoms with van der Waals surface area (Å²) in [4.78, 5) is 31.2. The Morgan fingerprint density at radius 3 is 2.74 bits per heavy atom. The monoisotopic (exact) mass is 537 g/mol. The summed E-state index contributed by atoms with van der Waals surface area (Å²) in [7, 11) is 0.396. The quantitative estimate of drug-likeness (QED) is 0.211. The maximum Gasteiger partial charge on any atom is 0.292 e. The molecule has 3 atom stereocenters. The Bertz CT molecular complexity index is 1300. The van der Waals surface area contributed by atoms with Crippen molar-refractivity contribution in [3.05, 3.63) is 42.2 Å². The number of nitrogens with two attached hydrogens (primary N) is 1. The van der Waals surface area contributed by atoms with E-state index in [2.05, 4.69) is 42.0 Å². The van der Waals surface area contributed by atoms with Crippen LogP contribution in [-0.2, 0) is 21.1 Å². The molecule has 0 bridgehead atoms. The zero-order valence-corrected chi connectivity index (χ0v) is 24.0. The summed E-state index contributed by atoms with van der Waals surface area (Å²) in [5, 5.41) is 7.83. The number of benzene rings is 1. The van der Waals surface area contributed by atoms with E-state index >= 15 is 0 Å². The molecule has 0 radical (unpaired) electrons. The third-order valence-electron chi connectivity index (χ3n) is 7.36. The van der Waals surface area contributed by atoms with Gasteiger partial charge in [-0.05, 0) is 48.4 Å². The van der Waals surface area contributed by atoms with Crippen LogP contribution < -0.4 is 15.8 Å². The maximum absolute atomic E-state index is 13.6. The summed E-state index contributed by atoms with van der Waals surface area (Å²) < 4.78 is 12.9. The molecule has 2 heterocycles. The number of fused-ring (bicyclic) bond motifs is 1. The highest BCUT2D eigenvalue weighted by Gasteiger charge is 2.38. The maximum atomic E-state index is 13.6. The zero-order valence-electron chi connectivity index (χ0n) is 23.0. The minimum absolute atomic E-state index is 0.0468. The van der Waals surface area contributed by atoms with Crippen molar-refractivity contribution in [1.82, 2.24) is 14.8 Å². The van der Waals surface area contributed by atoms with Gasteiger partial charge >= 0.3 is 0 Å². The molecular formula is C28H39N5O4Si. The normalized spacial score (nSPS) is 19.9. The van der Waals surface area contributed by atoms with E-state index in [-0.39, 0.29) is 12.6 Å². The highest BCUT2D eigenvalue weighted by atomic mass is 28.3. The van der Waals surface area contributed by atoms with Crippen molar-refractivity contribution in [1.29, 1.82) is 0 Å². The van der Waals surface area contributed by atoms with Gasteiger partial charge in [0.05, 0.1) is 36.1 Å². The Morgan fingerprint density at radius 1 is 1.21 bits per heavy atom. The van der Waals surface area contributed by atoms with Crippen molar-refractivity contribution in [2.45, 2.75) is 64.5 Å². The van der Waals surface area contributed by atoms with E-state index in [4.69, 9.17) is 15.2 Å². The molecule has 0 spiro atoms. The van der Waals surface area contributed by atoms with Crippen molar-refractivity contribution >= 4 is 42.2 Å². The smallest absolute Gasteiger partial charge is 0.292 e. The number of nitrogens with zero attached hydrogens (tertiary/aromatic N) is 3. The summed E-state index contributed by atoms with van der Waals surface area (Å²) in [6.07, 6.45) is 5.59. The molecule has 1 aliphatic rings. The molecule has 204 valence electrons. The molecule has 1 unspecified atom stereocenters. The predicted octanol–water partition coefficient (Wildman–Crippen LogP) is 5.06. The first-order valence-corrected chi connectivity index (χ1v) is 16.9. The summed E-state index contributed by atoms with van der Waals surface area (Å²) >= 11 is 0. The van der Waals surface area contributed by atoms with E-state index in [1.165, 1.54) is 6.20 Å². The number of nitrogens with one attached hydrogen (secondary N) is 1. The molecule has 1 aliphatic carbocycles. The Labute approximate surface area is 225 Å². The molecule has 38 heavy (non-hydrogen) atoms. The van der Waals surface area contributed by atoms with Gasteiger partial charge in [-0.15, -0.1) is 0 Å². The van der Waals surface area contributed by atoms with E-state index in [1.807, 2.05) is 24.3 Å². The Balaban J connectivity index is 1.55. The van der Waals surface area contributed by atoms with Gasteiger partial charge in [0.2, 0.25) is 5.78 Å². The zero-order chi connectivity index (χ0) is 27.4. The van der Waals surface area contributed by atoms with Gasteiger partial charge in [0.25, 0.3) is 5.91 Å². The van der Waals surface area contributed by atoms with Crippen molar-refractivity contribution in [2.24, 2.45) is 11.8 Å². The number of nitrogen functional groups attached to an aromatic ring is 1. The van der Waals surface area contributed by atoms with Gasteiger partial charge in [-0.25, -0.2) is 9.67 Å². The van der Waals surface area contributed by atoms with Gasteiger partial charge in [-0.3, -0.25) is 9.59 Å². The predicted molar refractivity (Wildman–Crippen MR) is 152 cm³/mol. The fourth-order valence-electron chi connectivity index (χ4n) is 5.13. The highest BCUT2D eigenvalue weighted by Crippen LogP contribution is 2.42. The lowest BCUT2D eigenvalue weighted by atomic mass is 9.70. The molecule has 0 aliphatic heterocycles. The lowest BCUT2D eigenvalue weighted by Crippen LogP contribution is -2.36. The molecule has 9 nitrogen and oxygen atoms in total. The summed E-state index contributed by atoms with van der Waals surface area (Å²) in [6.45, 7) is 9.86. The number of amides is 1. The average Bonchev–Trinajstić information content (AvgIpc) is 3.32. The van der Waals surface area contributed by atoms with Gasteiger partial charge in [-0.1, -0.05) is 45.1 Å². The minimum Gasteiger partial charge on any atom is -0.497 e. The van der Waals surface area contributed by atoms with Crippen LogP contribution in [-0.4, -0.2) is 48.2 Å². The van der Waals surface area contributed by atoms with Gasteiger partial charge in [0, 0.05) is 20.6 Å². The Morgan fingerprint density at radius 2 is 2.00 bits per heavy atom. The fourth-order valence-corrected chi connectivity index (χ4v) is 5.89. The topological polar surface area (TPSA) is 121 Å². The molecule has 4 rings (SSSR count). The number of ether oxygens (including phenoxy) is 2. The minimum atomic E-state index is -1.23. The van der Waals surface area contributed by atoms with Crippen molar-refractivity contribution in [2.75, 3.05) is 24.8 Å². The molecule has 1 amide bonds. The second-order valence-corrected chi connectivity index (χ2v) is 17.2. The number of pyridine rings is 1. The van der Waals surface area contributed by atoms with Crippen LogP contribution in [0, 0.1) is 11.8 Å². The number of hydrogen-bond acceptors (Lipinski definition) is 7. The number of carbonyl (C=O) groups excluding carboxylic acids is 2. The molecule has 2 aromatic heterocycles. The second-order valence-electron chi connectivity index (χ2n) is 11.5. The van der Waals surface area contributed by atoms with Gasteiger partial charge < -0.3 is 20.5 Å². The standard InChI is InChI=1S/C28H39N5O4Si/c1-18-9-10-21(19-7-6-8-20(14-19)36-2)22(13-18)26(34)28(35)32-24-16-30-27(29)23-15-31-33(25(23)24)17-37-11-12-38(3,4)5/h6-8,14-16,18,21-22H,9-13,17H2,1-5H3,(H2,29,30)(H,32,35)/t18-,21+,22?/m0/s1. The lowest BCUT2D eigenvalue weighted by molar-refractivity contribution is -0.138. The number of Topliss-reactive ketones (excluding diaryl/α,β-unsaturated/α-hetero) is 1. The Kier molecular flexibility index (Phi) is 8.52. The van der Waals surface area contributed by atoms with Crippen LogP contribution in [0.2, 0.25) is 25.7 Å². The average molecular weight is 538 g/mol.